The molecule has 2 nitrogen and oxygen atoms in total. The van der Waals surface area contributed by atoms with Crippen molar-refractivity contribution in [1.29, 1.82) is 0 Å². The van der Waals surface area contributed by atoms with Gasteiger partial charge in [0.05, 0.1) is 6.61 Å². The molecule has 0 amide bonds. The predicted octanol–water partition coefficient (Wildman–Crippen LogP) is 5.95. The van der Waals surface area contributed by atoms with E-state index in [-0.39, 0.29) is 5.60 Å². The molecule has 1 aliphatic rings. The molecule has 0 aliphatic carbocycles. The van der Waals surface area contributed by atoms with E-state index in [2.05, 4.69) is 47.1 Å². The second-order valence-electron chi connectivity index (χ2n) is 6.18. The largest absolute Gasteiger partial charge is 0.494 e. The number of hydrogen-bond donors (Lipinski definition) is 0. The van der Waals surface area contributed by atoms with Crippen molar-refractivity contribution in [1.82, 2.24) is 0 Å². The minimum atomic E-state index is -0.213. The molecule has 0 spiro atoms. The van der Waals surface area contributed by atoms with Crippen LogP contribution in [0.1, 0.15) is 31.7 Å². The smallest absolute Gasteiger partial charge is 0.128 e. The second kappa shape index (κ2) is 7.89. The lowest BCUT2D eigenvalue weighted by atomic mass is 9.87. The molecule has 0 saturated carbocycles. The summed E-state index contributed by atoms with van der Waals surface area (Å²) in [5.74, 6) is 1.93. The Kier molecular flexibility index (Phi) is 5.62. The Balaban J connectivity index is 1.61. The van der Waals surface area contributed by atoms with Gasteiger partial charge in [0, 0.05) is 4.47 Å². The zero-order valence-corrected chi connectivity index (χ0v) is 15.6. The topological polar surface area (TPSA) is 18.5 Å². The Hall–Kier alpha value is -1.74. The maximum atomic E-state index is 6.40. The zero-order valence-electron chi connectivity index (χ0n) is 14.0. The van der Waals surface area contributed by atoms with E-state index >= 15 is 0 Å². The summed E-state index contributed by atoms with van der Waals surface area (Å²) in [5, 5.41) is 0. The summed E-state index contributed by atoms with van der Waals surface area (Å²) in [6, 6.07) is 16.2. The van der Waals surface area contributed by atoms with Crippen molar-refractivity contribution in [3.8, 4) is 11.5 Å². The Bertz CT molecular complexity index is 696. The van der Waals surface area contributed by atoms with E-state index < -0.39 is 0 Å². The molecular formula is C21H23BrO2. The average Bonchev–Trinajstić information content (AvgIpc) is 2.60. The molecule has 0 N–H and O–H groups in total. The van der Waals surface area contributed by atoms with Crippen LogP contribution >= 0.6 is 15.9 Å². The molecule has 24 heavy (non-hydrogen) atoms. The van der Waals surface area contributed by atoms with Crippen molar-refractivity contribution in [2.75, 3.05) is 6.61 Å². The van der Waals surface area contributed by atoms with E-state index in [4.69, 9.17) is 9.47 Å². The number of halogens is 1. The van der Waals surface area contributed by atoms with Gasteiger partial charge in [0.1, 0.15) is 17.1 Å². The predicted molar refractivity (Wildman–Crippen MR) is 102 cm³/mol. The molecular weight excluding hydrogens is 364 g/mol. The first-order valence-corrected chi connectivity index (χ1v) is 9.29. The van der Waals surface area contributed by atoms with Crippen molar-refractivity contribution >= 4 is 15.9 Å². The fourth-order valence-electron chi connectivity index (χ4n) is 3.22. The number of para-hydroxylation sites is 1. The number of ether oxygens (including phenoxy) is 2. The zero-order chi connectivity index (χ0) is 16.8. The molecule has 3 heteroatoms. The van der Waals surface area contributed by atoms with Crippen molar-refractivity contribution in [3.05, 3.63) is 70.7 Å². The number of aryl methyl sites for hydroxylation is 1. The molecule has 3 rings (SSSR count). The van der Waals surface area contributed by atoms with Gasteiger partial charge in [0.15, 0.2) is 0 Å². The Morgan fingerprint density at radius 2 is 2.04 bits per heavy atom. The van der Waals surface area contributed by atoms with Crippen LogP contribution in [0, 0.1) is 0 Å². The standard InChI is InChI=1S/C21H23BrO2/c1-2-12-21(13-6-15-23-19-7-4-3-5-8-19)14-11-17-16-18(22)9-10-20(17)24-21/h2-5,7-10,12,16H,6,11,13-15H2,1H3/b12-2+/t21-/m0/s1. The normalized spacial score (nSPS) is 19.8. The maximum Gasteiger partial charge on any atom is 0.128 e. The van der Waals surface area contributed by atoms with Gasteiger partial charge in [-0.2, -0.15) is 0 Å². The summed E-state index contributed by atoms with van der Waals surface area (Å²) in [4.78, 5) is 0. The number of rotatable bonds is 6. The van der Waals surface area contributed by atoms with E-state index in [9.17, 15) is 0 Å². The van der Waals surface area contributed by atoms with Crippen LogP contribution in [-0.4, -0.2) is 12.2 Å². The Morgan fingerprint density at radius 3 is 2.83 bits per heavy atom. The first kappa shape index (κ1) is 17.1. The lowest BCUT2D eigenvalue weighted by Gasteiger charge is -2.37. The minimum absolute atomic E-state index is 0.213. The van der Waals surface area contributed by atoms with E-state index in [0.717, 1.165) is 41.7 Å². The fourth-order valence-corrected chi connectivity index (χ4v) is 3.63. The van der Waals surface area contributed by atoms with E-state index in [1.54, 1.807) is 0 Å². The van der Waals surface area contributed by atoms with E-state index in [1.807, 2.05) is 36.4 Å². The van der Waals surface area contributed by atoms with Crippen LogP contribution in [0.4, 0.5) is 0 Å². The summed E-state index contributed by atoms with van der Waals surface area (Å²) < 4.78 is 13.3. The van der Waals surface area contributed by atoms with Gasteiger partial charge >= 0.3 is 0 Å². The summed E-state index contributed by atoms with van der Waals surface area (Å²) in [6.45, 7) is 2.77. The molecule has 1 atom stereocenters. The lowest BCUT2D eigenvalue weighted by Crippen LogP contribution is -2.38. The van der Waals surface area contributed by atoms with Gasteiger partial charge in [-0.05, 0) is 74.6 Å². The van der Waals surface area contributed by atoms with Crippen LogP contribution < -0.4 is 9.47 Å². The van der Waals surface area contributed by atoms with Gasteiger partial charge in [0.25, 0.3) is 0 Å². The third kappa shape index (κ3) is 4.21. The van der Waals surface area contributed by atoms with Gasteiger partial charge in [0.2, 0.25) is 0 Å². The molecule has 0 bridgehead atoms. The molecule has 126 valence electrons. The van der Waals surface area contributed by atoms with Crippen LogP contribution in [0.3, 0.4) is 0 Å². The third-order valence-corrected chi connectivity index (χ3v) is 4.87. The second-order valence-corrected chi connectivity index (χ2v) is 7.10. The van der Waals surface area contributed by atoms with Crippen LogP contribution in [0.15, 0.2) is 65.2 Å². The quantitative estimate of drug-likeness (QED) is 0.451. The summed E-state index contributed by atoms with van der Waals surface area (Å²) >= 11 is 3.54. The molecule has 0 unspecified atom stereocenters. The van der Waals surface area contributed by atoms with Gasteiger partial charge in [-0.3, -0.25) is 0 Å². The highest BCUT2D eigenvalue weighted by atomic mass is 79.9. The third-order valence-electron chi connectivity index (χ3n) is 4.38. The molecule has 2 aromatic carbocycles. The number of fused-ring (bicyclic) bond motifs is 1. The molecule has 0 fully saturated rings. The lowest BCUT2D eigenvalue weighted by molar-refractivity contribution is 0.0782. The Labute approximate surface area is 152 Å². The molecule has 1 heterocycles. The van der Waals surface area contributed by atoms with Crippen molar-refractivity contribution < 1.29 is 9.47 Å². The highest BCUT2D eigenvalue weighted by molar-refractivity contribution is 9.10. The van der Waals surface area contributed by atoms with Gasteiger partial charge in [-0.1, -0.05) is 40.2 Å². The highest BCUT2D eigenvalue weighted by Gasteiger charge is 2.33. The number of benzene rings is 2. The highest BCUT2D eigenvalue weighted by Crippen LogP contribution is 2.38. The van der Waals surface area contributed by atoms with E-state index in [1.165, 1.54) is 5.56 Å². The van der Waals surface area contributed by atoms with Crippen LogP contribution in [0.5, 0.6) is 11.5 Å². The van der Waals surface area contributed by atoms with Crippen molar-refractivity contribution in [2.45, 2.75) is 38.2 Å². The van der Waals surface area contributed by atoms with Crippen LogP contribution in [0.2, 0.25) is 0 Å². The summed E-state index contributed by atoms with van der Waals surface area (Å²) in [7, 11) is 0. The fraction of sp³-hybridized carbons (Fsp3) is 0.333. The van der Waals surface area contributed by atoms with E-state index in [0.29, 0.717) is 6.61 Å². The van der Waals surface area contributed by atoms with Gasteiger partial charge in [-0.25, -0.2) is 0 Å². The summed E-state index contributed by atoms with van der Waals surface area (Å²) in [5.41, 5.74) is 1.07. The molecule has 1 aliphatic heterocycles. The SMILES string of the molecule is C/C=C/[C@]1(CCCOc2ccccc2)CCc2cc(Br)ccc2O1. The van der Waals surface area contributed by atoms with Crippen LogP contribution in [-0.2, 0) is 6.42 Å². The molecule has 2 aromatic rings. The molecule has 0 aromatic heterocycles. The average molecular weight is 387 g/mol. The molecule has 0 saturated heterocycles. The minimum Gasteiger partial charge on any atom is -0.494 e. The van der Waals surface area contributed by atoms with Crippen molar-refractivity contribution in [2.24, 2.45) is 0 Å². The maximum absolute atomic E-state index is 6.40. The van der Waals surface area contributed by atoms with Crippen molar-refractivity contribution in [3.63, 3.8) is 0 Å². The van der Waals surface area contributed by atoms with Crippen LogP contribution in [0.25, 0.3) is 0 Å². The first-order valence-electron chi connectivity index (χ1n) is 8.50. The monoisotopic (exact) mass is 386 g/mol. The van der Waals surface area contributed by atoms with Gasteiger partial charge in [-0.15, -0.1) is 0 Å². The number of allylic oxidation sites excluding steroid dienone is 1. The first-order chi connectivity index (χ1) is 11.7. The van der Waals surface area contributed by atoms with Gasteiger partial charge < -0.3 is 9.47 Å². The summed E-state index contributed by atoms with van der Waals surface area (Å²) in [6.07, 6.45) is 8.28. The number of hydrogen-bond acceptors (Lipinski definition) is 2. The Morgan fingerprint density at radius 1 is 1.21 bits per heavy atom. The molecule has 0 radical (unpaired) electrons.